The van der Waals surface area contributed by atoms with E-state index >= 15 is 0 Å². The summed E-state index contributed by atoms with van der Waals surface area (Å²) >= 11 is 1.19. The Balaban J connectivity index is 2.40. The molecule has 1 N–H and O–H groups in total. The Hall–Kier alpha value is -1.44. The standard InChI is InChI=1S/C18H25BO5S/c1-12(20)25-11-14(19-23-17(2,3)18(4,5)24-19)9-13-10-15(21)7-8-16(13)22-6/h7-10,21H,11H2,1-6H3. The average Bonchev–Trinajstić information content (AvgIpc) is 2.71. The van der Waals surface area contributed by atoms with E-state index in [0.29, 0.717) is 17.1 Å². The van der Waals surface area contributed by atoms with Crippen molar-refractivity contribution in [2.24, 2.45) is 0 Å². The highest BCUT2D eigenvalue weighted by Crippen LogP contribution is 2.40. The molecule has 2 rings (SSSR count). The van der Waals surface area contributed by atoms with Crippen LogP contribution in [0.2, 0.25) is 0 Å². The molecule has 136 valence electrons. The molecule has 0 atom stereocenters. The number of rotatable bonds is 5. The first-order valence-corrected chi connectivity index (χ1v) is 9.11. The molecule has 0 unspecified atom stereocenters. The van der Waals surface area contributed by atoms with Gasteiger partial charge in [0.2, 0.25) is 0 Å². The molecule has 0 saturated carbocycles. The molecule has 1 aromatic rings. The van der Waals surface area contributed by atoms with Gasteiger partial charge in [0.1, 0.15) is 11.5 Å². The number of aromatic hydroxyl groups is 1. The largest absolute Gasteiger partial charge is 0.508 e. The minimum atomic E-state index is -0.566. The van der Waals surface area contributed by atoms with Gasteiger partial charge in [0.05, 0.1) is 18.3 Å². The van der Waals surface area contributed by atoms with Crippen molar-refractivity contribution in [1.29, 1.82) is 0 Å². The van der Waals surface area contributed by atoms with Crippen LogP contribution in [-0.2, 0) is 14.1 Å². The second-order valence-electron chi connectivity index (χ2n) is 7.01. The molecule has 1 heterocycles. The predicted octanol–water partition coefficient (Wildman–Crippen LogP) is 3.70. The summed E-state index contributed by atoms with van der Waals surface area (Å²) in [5.74, 6) is 1.20. The van der Waals surface area contributed by atoms with Crippen LogP contribution >= 0.6 is 11.8 Å². The van der Waals surface area contributed by atoms with Gasteiger partial charge in [0.25, 0.3) is 0 Å². The maximum absolute atomic E-state index is 11.4. The van der Waals surface area contributed by atoms with Gasteiger partial charge in [-0.3, -0.25) is 4.79 Å². The van der Waals surface area contributed by atoms with Crippen LogP contribution in [0.4, 0.5) is 0 Å². The van der Waals surface area contributed by atoms with Crippen LogP contribution in [0, 0.1) is 0 Å². The molecule has 1 aliphatic rings. The maximum atomic E-state index is 11.4. The molecule has 0 aliphatic carbocycles. The molecule has 1 fully saturated rings. The number of thioether (sulfide) groups is 1. The number of methoxy groups -OCH3 is 1. The highest BCUT2D eigenvalue weighted by atomic mass is 32.2. The zero-order valence-corrected chi connectivity index (χ0v) is 16.4. The number of hydrogen-bond acceptors (Lipinski definition) is 6. The van der Waals surface area contributed by atoms with Gasteiger partial charge in [0, 0.05) is 18.2 Å². The molecule has 25 heavy (non-hydrogen) atoms. The zero-order valence-electron chi connectivity index (χ0n) is 15.6. The summed E-state index contributed by atoms with van der Waals surface area (Å²) < 4.78 is 17.6. The predicted molar refractivity (Wildman–Crippen MR) is 102 cm³/mol. The SMILES string of the molecule is COc1ccc(O)cc1C=C(CSC(C)=O)B1OC(C)(C)C(C)(C)O1. The topological polar surface area (TPSA) is 65.0 Å². The van der Waals surface area contributed by atoms with Crippen molar-refractivity contribution in [3.05, 3.63) is 29.2 Å². The van der Waals surface area contributed by atoms with E-state index in [9.17, 15) is 9.90 Å². The maximum Gasteiger partial charge on any atom is 0.491 e. The molecule has 0 spiro atoms. The highest BCUT2D eigenvalue weighted by molar-refractivity contribution is 8.13. The van der Waals surface area contributed by atoms with Crippen LogP contribution in [0.1, 0.15) is 40.2 Å². The molecule has 0 amide bonds. The molecule has 7 heteroatoms. The molecular formula is C18H25BO5S. The monoisotopic (exact) mass is 364 g/mol. The van der Waals surface area contributed by atoms with Crippen LogP contribution in [0.5, 0.6) is 11.5 Å². The highest BCUT2D eigenvalue weighted by Gasteiger charge is 2.52. The molecule has 1 aliphatic heterocycles. The Morgan fingerprint density at radius 2 is 1.88 bits per heavy atom. The van der Waals surface area contributed by atoms with E-state index in [1.54, 1.807) is 25.3 Å². The van der Waals surface area contributed by atoms with Crippen molar-refractivity contribution in [1.82, 2.24) is 0 Å². The number of benzene rings is 1. The van der Waals surface area contributed by atoms with Crippen LogP contribution < -0.4 is 4.74 Å². The fourth-order valence-electron chi connectivity index (χ4n) is 2.39. The Morgan fingerprint density at radius 1 is 1.28 bits per heavy atom. The average molecular weight is 364 g/mol. The van der Waals surface area contributed by atoms with Gasteiger partial charge in [-0.1, -0.05) is 17.8 Å². The lowest BCUT2D eigenvalue weighted by Crippen LogP contribution is -2.41. The lowest BCUT2D eigenvalue weighted by molar-refractivity contribution is -0.109. The zero-order chi connectivity index (χ0) is 18.8. The molecule has 0 radical (unpaired) electrons. The number of phenolic OH excluding ortho intramolecular Hbond substituents is 1. The van der Waals surface area contributed by atoms with Crippen LogP contribution in [0.25, 0.3) is 6.08 Å². The number of carbonyl (C=O) groups is 1. The van der Waals surface area contributed by atoms with Gasteiger partial charge in [-0.25, -0.2) is 0 Å². The molecular weight excluding hydrogens is 339 g/mol. The number of ether oxygens (including phenoxy) is 1. The molecule has 0 aromatic heterocycles. The second-order valence-corrected chi connectivity index (χ2v) is 8.17. The van der Waals surface area contributed by atoms with Crippen molar-refractivity contribution in [2.75, 3.05) is 12.9 Å². The first kappa shape index (κ1) is 19.9. The number of carbonyl (C=O) groups excluding carboxylic acids is 1. The Morgan fingerprint density at radius 3 is 2.40 bits per heavy atom. The van der Waals surface area contributed by atoms with E-state index in [2.05, 4.69) is 0 Å². The fourth-order valence-corrected chi connectivity index (χ4v) is 2.98. The van der Waals surface area contributed by atoms with Crippen molar-refractivity contribution >= 4 is 30.1 Å². The molecule has 1 aromatic carbocycles. The van der Waals surface area contributed by atoms with E-state index in [0.717, 1.165) is 5.47 Å². The quantitative estimate of drug-likeness (QED) is 0.804. The smallest absolute Gasteiger partial charge is 0.491 e. The fraction of sp³-hybridized carbons (Fsp3) is 0.500. The Bertz CT molecular complexity index is 668. The van der Waals surface area contributed by atoms with Crippen molar-refractivity contribution < 1.29 is 23.9 Å². The van der Waals surface area contributed by atoms with E-state index < -0.39 is 18.3 Å². The summed E-state index contributed by atoms with van der Waals surface area (Å²) in [6, 6.07) is 4.87. The van der Waals surface area contributed by atoms with Gasteiger partial charge >= 0.3 is 7.12 Å². The molecule has 1 saturated heterocycles. The summed E-state index contributed by atoms with van der Waals surface area (Å²) in [6.45, 7) is 9.46. The third-order valence-corrected chi connectivity index (χ3v) is 5.44. The van der Waals surface area contributed by atoms with Gasteiger partial charge < -0.3 is 19.2 Å². The van der Waals surface area contributed by atoms with Crippen LogP contribution in [-0.4, -0.2) is 41.4 Å². The molecule has 5 nitrogen and oxygen atoms in total. The Kier molecular flexibility index (Phi) is 5.91. The first-order chi connectivity index (χ1) is 11.6. The summed E-state index contributed by atoms with van der Waals surface area (Å²) in [5.41, 5.74) is 0.570. The first-order valence-electron chi connectivity index (χ1n) is 8.12. The number of phenols is 1. The van der Waals surface area contributed by atoms with Crippen molar-refractivity contribution in [2.45, 2.75) is 45.8 Å². The third-order valence-electron chi connectivity index (χ3n) is 4.55. The van der Waals surface area contributed by atoms with E-state index in [-0.39, 0.29) is 10.9 Å². The lowest BCUT2D eigenvalue weighted by atomic mass is 9.78. The van der Waals surface area contributed by atoms with Gasteiger partial charge in [-0.05, 0) is 51.4 Å². The summed E-state index contributed by atoms with van der Waals surface area (Å²) in [7, 11) is 1.01. The Labute approximate surface area is 153 Å². The second kappa shape index (κ2) is 7.44. The normalized spacial score (nSPS) is 19.1. The van der Waals surface area contributed by atoms with Gasteiger partial charge in [-0.15, -0.1) is 0 Å². The summed E-state index contributed by atoms with van der Waals surface area (Å²) in [6.07, 6.45) is 1.86. The van der Waals surface area contributed by atoms with Gasteiger partial charge in [-0.2, -0.15) is 0 Å². The van der Waals surface area contributed by atoms with Crippen molar-refractivity contribution in [3.8, 4) is 11.5 Å². The third kappa shape index (κ3) is 4.60. The van der Waals surface area contributed by atoms with Crippen LogP contribution in [0.3, 0.4) is 0 Å². The minimum Gasteiger partial charge on any atom is -0.508 e. The van der Waals surface area contributed by atoms with Crippen LogP contribution in [0.15, 0.2) is 23.7 Å². The van der Waals surface area contributed by atoms with E-state index in [1.807, 2.05) is 33.8 Å². The lowest BCUT2D eigenvalue weighted by Gasteiger charge is -2.32. The van der Waals surface area contributed by atoms with Crippen molar-refractivity contribution in [3.63, 3.8) is 0 Å². The molecule has 0 bridgehead atoms. The minimum absolute atomic E-state index is 0.0188. The summed E-state index contributed by atoms with van der Waals surface area (Å²) in [5, 5.41) is 9.81. The summed E-state index contributed by atoms with van der Waals surface area (Å²) in [4.78, 5) is 11.4. The van der Waals surface area contributed by atoms with E-state index in [1.165, 1.54) is 18.7 Å². The number of hydrogen-bond donors (Lipinski definition) is 1. The van der Waals surface area contributed by atoms with E-state index in [4.69, 9.17) is 14.0 Å². The van der Waals surface area contributed by atoms with Gasteiger partial charge in [0.15, 0.2) is 5.12 Å².